The van der Waals surface area contributed by atoms with E-state index in [1.54, 1.807) is 18.2 Å². The highest BCUT2D eigenvalue weighted by atomic mass is 35.5. The van der Waals surface area contributed by atoms with Crippen LogP contribution < -0.4 is 14.2 Å². The van der Waals surface area contributed by atoms with Crippen LogP contribution in [0.4, 0.5) is 0 Å². The topological polar surface area (TPSA) is 60.6 Å². The lowest BCUT2D eigenvalue weighted by Gasteiger charge is -2.13. The van der Waals surface area contributed by atoms with Gasteiger partial charge in [-0.05, 0) is 48.0 Å². The Kier molecular flexibility index (Phi) is 5.19. The number of hydrogen-bond donors (Lipinski definition) is 1. The summed E-state index contributed by atoms with van der Waals surface area (Å²) in [7, 11) is 4.54. The van der Waals surface area contributed by atoms with Gasteiger partial charge in [0, 0.05) is 27.7 Å². The van der Waals surface area contributed by atoms with Gasteiger partial charge in [-0.2, -0.15) is 0 Å². The zero-order valence-electron chi connectivity index (χ0n) is 14.6. The Balaban J connectivity index is 1.94. The highest BCUT2D eigenvalue weighted by molar-refractivity contribution is 6.31. The van der Waals surface area contributed by atoms with Crippen LogP contribution in [0.3, 0.4) is 0 Å². The molecule has 0 saturated heterocycles. The third-order valence-electron chi connectivity index (χ3n) is 4.04. The van der Waals surface area contributed by atoms with Crippen LogP contribution in [0, 0.1) is 0 Å². The fourth-order valence-corrected chi connectivity index (χ4v) is 2.91. The number of methoxy groups -OCH3 is 3. The first-order valence-electron chi connectivity index (χ1n) is 7.86. The maximum Gasteiger partial charge on any atom is 0.203 e. The van der Waals surface area contributed by atoms with E-state index in [2.05, 4.69) is 4.98 Å². The monoisotopic (exact) mass is 371 g/mol. The largest absolute Gasteiger partial charge is 0.493 e. The van der Waals surface area contributed by atoms with Crippen molar-refractivity contribution in [3.05, 3.63) is 58.8 Å². The average Bonchev–Trinajstić information content (AvgIpc) is 3.06. The molecule has 0 aliphatic rings. The SMILES string of the molecule is COc1cc(C(=O)/C=C/c2c[nH]c3ccc(Cl)cc23)cc(OC)c1OC. The number of halogens is 1. The quantitative estimate of drug-likeness (QED) is 0.502. The van der Waals surface area contributed by atoms with Crippen molar-refractivity contribution in [2.24, 2.45) is 0 Å². The normalized spacial score (nSPS) is 11.1. The fourth-order valence-electron chi connectivity index (χ4n) is 2.74. The van der Waals surface area contributed by atoms with Crippen molar-refractivity contribution in [3.8, 4) is 17.2 Å². The van der Waals surface area contributed by atoms with Crippen LogP contribution in [0.15, 0.2) is 42.6 Å². The average molecular weight is 372 g/mol. The molecule has 1 N–H and O–H groups in total. The van der Waals surface area contributed by atoms with Gasteiger partial charge in [0.25, 0.3) is 0 Å². The summed E-state index contributed by atoms with van der Waals surface area (Å²) < 4.78 is 15.9. The minimum atomic E-state index is -0.180. The van der Waals surface area contributed by atoms with Gasteiger partial charge >= 0.3 is 0 Å². The van der Waals surface area contributed by atoms with Gasteiger partial charge in [0.2, 0.25) is 5.75 Å². The molecule has 0 spiro atoms. The first kappa shape index (κ1) is 17.9. The Hall–Kier alpha value is -2.92. The number of allylic oxidation sites excluding steroid dienone is 1. The number of aromatic amines is 1. The maximum atomic E-state index is 12.6. The lowest BCUT2D eigenvalue weighted by molar-refractivity contribution is 0.104. The Morgan fingerprint density at radius 2 is 1.73 bits per heavy atom. The van der Waals surface area contributed by atoms with E-state index in [1.165, 1.54) is 27.4 Å². The van der Waals surface area contributed by atoms with Gasteiger partial charge in [-0.15, -0.1) is 0 Å². The molecule has 0 atom stereocenters. The molecular formula is C20H18ClNO4. The number of fused-ring (bicyclic) bond motifs is 1. The van der Waals surface area contributed by atoms with Crippen LogP contribution in [-0.4, -0.2) is 32.1 Å². The molecule has 0 aliphatic carbocycles. The summed E-state index contributed by atoms with van der Waals surface area (Å²) in [6.07, 6.45) is 5.09. The van der Waals surface area contributed by atoms with Gasteiger partial charge in [-0.1, -0.05) is 11.6 Å². The van der Waals surface area contributed by atoms with Crippen molar-refractivity contribution in [1.29, 1.82) is 0 Å². The minimum Gasteiger partial charge on any atom is -0.493 e. The second-order valence-electron chi connectivity index (χ2n) is 5.55. The summed E-state index contributed by atoms with van der Waals surface area (Å²) in [4.78, 5) is 15.8. The van der Waals surface area contributed by atoms with Crippen LogP contribution in [0.1, 0.15) is 15.9 Å². The molecule has 2 aromatic carbocycles. The van der Waals surface area contributed by atoms with Gasteiger partial charge in [0.15, 0.2) is 17.3 Å². The highest BCUT2D eigenvalue weighted by Gasteiger charge is 2.15. The number of aromatic nitrogens is 1. The highest BCUT2D eigenvalue weighted by Crippen LogP contribution is 2.38. The van der Waals surface area contributed by atoms with Crippen LogP contribution in [0.25, 0.3) is 17.0 Å². The third-order valence-corrected chi connectivity index (χ3v) is 4.27. The zero-order chi connectivity index (χ0) is 18.7. The summed E-state index contributed by atoms with van der Waals surface area (Å²) in [5.74, 6) is 1.13. The van der Waals surface area contributed by atoms with Crippen LogP contribution >= 0.6 is 11.6 Å². The van der Waals surface area contributed by atoms with Crippen molar-refractivity contribution in [2.75, 3.05) is 21.3 Å². The maximum absolute atomic E-state index is 12.6. The number of carbonyl (C=O) groups is 1. The standard InChI is InChI=1S/C20H18ClNO4/c1-24-18-8-13(9-19(25-2)20(18)26-3)17(23)7-4-12-11-22-16-6-5-14(21)10-15(12)16/h4-11,22H,1-3H3/b7-4+. The number of hydrogen-bond acceptors (Lipinski definition) is 4. The lowest BCUT2D eigenvalue weighted by Crippen LogP contribution is -2.00. The second kappa shape index (κ2) is 7.54. The van der Waals surface area contributed by atoms with E-state index in [-0.39, 0.29) is 5.78 Å². The van der Waals surface area contributed by atoms with E-state index < -0.39 is 0 Å². The van der Waals surface area contributed by atoms with Gasteiger partial charge in [-0.3, -0.25) is 4.79 Å². The first-order chi connectivity index (χ1) is 12.6. The van der Waals surface area contributed by atoms with Crippen LogP contribution in [0.5, 0.6) is 17.2 Å². The van der Waals surface area contributed by atoms with Gasteiger partial charge < -0.3 is 19.2 Å². The molecule has 0 saturated carbocycles. The van der Waals surface area contributed by atoms with Crippen molar-refractivity contribution in [1.82, 2.24) is 4.98 Å². The molecule has 0 radical (unpaired) electrons. The summed E-state index contributed by atoms with van der Waals surface area (Å²) in [5.41, 5.74) is 2.27. The number of ketones is 1. The van der Waals surface area contributed by atoms with Crippen LogP contribution in [0.2, 0.25) is 5.02 Å². The first-order valence-corrected chi connectivity index (χ1v) is 8.24. The van der Waals surface area contributed by atoms with Gasteiger partial charge in [0.1, 0.15) is 0 Å². The lowest BCUT2D eigenvalue weighted by atomic mass is 10.1. The van der Waals surface area contributed by atoms with Crippen LogP contribution in [-0.2, 0) is 0 Å². The zero-order valence-corrected chi connectivity index (χ0v) is 15.4. The summed E-state index contributed by atoms with van der Waals surface area (Å²) in [6, 6.07) is 8.82. The number of H-pyrrole nitrogens is 1. The predicted molar refractivity (Wildman–Crippen MR) is 103 cm³/mol. The molecule has 0 unspecified atom stereocenters. The summed E-state index contributed by atoms with van der Waals surface area (Å²) in [6.45, 7) is 0. The Bertz CT molecular complexity index is 966. The molecule has 1 aromatic heterocycles. The molecule has 0 bridgehead atoms. The van der Waals surface area contributed by atoms with E-state index in [1.807, 2.05) is 24.4 Å². The molecule has 0 aliphatic heterocycles. The minimum absolute atomic E-state index is 0.180. The van der Waals surface area contributed by atoms with E-state index in [0.29, 0.717) is 27.8 Å². The van der Waals surface area contributed by atoms with E-state index in [4.69, 9.17) is 25.8 Å². The number of carbonyl (C=O) groups excluding carboxylic acids is 1. The number of rotatable bonds is 6. The van der Waals surface area contributed by atoms with Crippen molar-refractivity contribution in [2.45, 2.75) is 0 Å². The Labute approximate surface area is 156 Å². The number of benzene rings is 2. The van der Waals surface area contributed by atoms with Crippen molar-refractivity contribution >= 4 is 34.4 Å². The molecule has 6 heteroatoms. The van der Waals surface area contributed by atoms with E-state index in [9.17, 15) is 4.79 Å². The Morgan fingerprint density at radius 3 is 2.35 bits per heavy atom. The molecule has 5 nitrogen and oxygen atoms in total. The van der Waals surface area contributed by atoms with Crippen molar-refractivity contribution in [3.63, 3.8) is 0 Å². The summed E-state index contributed by atoms with van der Waals surface area (Å²) in [5, 5.41) is 1.59. The molecular weight excluding hydrogens is 354 g/mol. The van der Waals surface area contributed by atoms with Crippen molar-refractivity contribution < 1.29 is 19.0 Å². The molecule has 134 valence electrons. The Morgan fingerprint density at radius 1 is 1.04 bits per heavy atom. The molecule has 0 fully saturated rings. The predicted octanol–water partition coefficient (Wildman–Crippen LogP) is 4.74. The van der Waals surface area contributed by atoms with Gasteiger partial charge in [-0.25, -0.2) is 0 Å². The third kappa shape index (κ3) is 3.39. The number of nitrogens with one attached hydrogen (secondary N) is 1. The van der Waals surface area contributed by atoms with Gasteiger partial charge in [0.05, 0.1) is 21.3 Å². The molecule has 3 aromatic rings. The molecule has 0 amide bonds. The molecule has 1 heterocycles. The molecule has 26 heavy (non-hydrogen) atoms. The second-order valence-corrected chi connectivity index (χ2v) is 5.98. The van der Waals surface area contributed by atoms with E-state index in [0.717, 1.165) is 16.5 Å². The number of ether oxygens (including phenoxy) is 3. The fraction of sp³-hybridized carbons (Fsp3) is 0.150. The molecule has 3 rings (SSSR count). The summed E-state index contributed by atoms with van der Waals surface area (Å²) >= 11 is 6.06. The smallest absolute Gasteiger partial charge is 0.203 e. The van der Waals surface area contributed by atoms with E-state index >= 15 is 0 Å².